The van der Waals surface area contributed by atoms with Gasteiger partial charge in [-0.15, -0.1) is 21.5 Å². The molecule has 3 heterocycles. The molecule has 0 unspecified atom stereocenters. The van der Waals surface area contributed by atoms with Crippen LogP contribution in [-0.2, 0) is 12.8 Å². The molecule has 0 spiro atoms. The molecule has 1 aromatic carbocycles. The van der Waals surface area contributed by atoms with Gasteiger partial charge in [-0.25, -0.2) is 9.97 Å². The first kappa shape index (κ1) is 16.6. The third-order valence-corrected chi connectivity index (χ3v) is 5.01. The molecule has 1 amide bonds. The third-order valence-electron chi connectivity index (χ3n) is 4.11. The van der Waals surface area contributed by atoms with Crippen LogP contribution in [0.4, 0.5) is 5.82 Å². The van der Waals surface area contributed by atoms with Crippen molar-refractivity contribution in [2.45, 2.75) is 19.8 Å². The lowest BCUT2D eigenvalue weighted by atomic mass is 10.1. The van der Waals surface area contributed by atoms with E-state index in [0.29, 0.717) is 24.6 Å². The number of nitrogens with zero attached hydrogens (tertiary/aromatic N) is 4. The lowest BCUT2D eigenvalue weighted by Gasteiger charge is -2.20. The van der Waals surface area contributed by atoms with E-state index in [2.05, 4.69) is 25.8 Å². The molecular formula is C18H18N6OS. The minimum absolute atomic E-state index is 0.145. The first-order valence-corrected chi connectivity index (χ1v) is 9.30. The third kappa shape index (κ3) is 3.41. The Hall–Kier alpha value is -2.87. The minimum atomic E-state index is -0.145. The Morgan fingerprint density at radius 1 is 1.19 bits per heavy atom. The predicted molar refractivity (Wildman–Crippen MR) is 100 cm³/mol. The maximum absolute atomic E-state index is 12.3. The normalized spacial score (nSPS) is 13.2. The Labute approximate surface area is 154 Å². The molecule has 132 valence electrons. The van der Waals surface area contributed by atoms with Crippen LogP contribution in [0, 0.1) is 6.92 Å². The molecule has 0 aliphatic carbocycles. The summed E-state index contributed by atoms with van der Waals surface area (Å²) in [5.41, 5.74) is 2.22. The van der Waals surface area contributed by atoms with Crippen molar-refractivity contribution < 1.29 is 4.79 Å². The smallest absolute Gasteiger partial charge is 0.270 e. The van der Waals surface area contributed by atoms with Crippen molar-refractivity contribution >= 4 is 23.1 Å². The van der Waals surface area contributed by atoms with Gasteiger partial charge in [-0.2, -0.15) is 0 Å². The fourth-order valence-electron chi connectivity index (χ4n) is 2.88. The van der Waals surface area contributed by atoms with Gasteiger partial charge in [-0.3, -0.25) is 4.79 Å². The van der Waals surface area contributed by atoms with Gasteiger partial charge < -0.3 is 10.6 Å². The lowest BCUT2D eigenvalue weighted by molar-refractivity contribution is 0.0940. The summed E-state index contributed by atoms with van der Waals surface area (Å²) in [4.78, 5) is 21.5. The Kier molecular flexibility index (Phi) is 4.57. The topological polar surface area (TPSA) is 92.7 Å². The Morgan fingerprint density at radius 2 is 2.04 bits per heavy atom. The average molecular weight is 366 g/mol. The van der Waals surface area contributed by atoms with Gasteiger partial charge in [0.15, 0.2) is 5.82 Å². The number of aryl methyl sites for hydroxylation is 1. The predicted octanol–water partition coefficient (Wildman–Crippen LogP) is 2.24. The van der Waals surface area contributed by atoms with E-state index in [4.69, 9.17) is 4.98 Å². The maximum Gasteiger partial charge on any atom is 0.270 e. The van der Waals surface area contributed by atoms with Gasteiger partial charge in [-0.1, -0.05) is 30.3 Å². The van der Waals surface area contributed by atoms with E-state index in [1.807, 2.05) is 37.3 Å². The number of benzene rings is 1. The fourth-order valence-corrected chi connectivity index (χ4v) is 3.59. The van der Waals surface area contributed by atoms with E-state index in [-0.39, 0.29) is 5.91 Å². The maximum atomic E-state index is 12.3. The van der Waals surface area contributed by atoms with Crippen molar-refractivity contribution in [3.63, 3.8) is 0 Å². The zero-order valence-electron chi connectivity index (χ0n) is 14.3. The van der Waals surface area contributed by atoms with E-state index in [0.717, 1.165) is 39.8 Å². The molecule has 26 heavy (non-hydrogen) atoms. The second-order valence-corrected chi connectivity index (χ2v) is 7.25. The minimum Gasteiger partial charge on any atom is -0.369 e. The number of carbonyl (C=O) groups is 1. The Bertz CT molecular complexity index is 940. The van der Waals surface area contributed by atoms with E-state index in [1.54, 1.807) is 11.3 Å². The molecule has 0 fully saturated rings. The number of hydrogen-bond donors (Lipinski definition) is 2. The molecule has 0 saturated heterocycles. The summed E-state index contributed by atoms with van der Waals surface area (Å²) in [6, 6.07) is 9.69. The SMILES string of the molecule is Cc1nnc(CCNc2nc(-c3ccccc3)nc3c2CCNC3=O)s1. The first-order chi connectivity index (χ1) is 12.7. The van der Waals surface area contributed by atoms with Crippen LogP contribution in [-0.4, -0.2) is 39.2 Å². The molecule has 0 atom stereocenters. The van der Waals surface area contributed by atoms with Gasteiger partial charge >= 0.3 is 0 Å². The van der Waals surface area contributed by atoms with Crippen LogP contribution >= 0.6 is 11.3 Å². The van der Waals surface area contributed by atoms with Crippen LogP contribution in [0.1, 0.15) is 26.1 Å². The van der Waals surface area contributed by atoms with Crippen molar-refractivity contribution in [2.75, 3.05) is 18.4 Å². The van der Waals surface area contributed by atoms with Crippen LogP contribution < -0.4 is 10.6 Å². The van der Waals surface area contributed by atoms with E-state index < -0.39 is 0 Å². The Morgan fingerprint density at radius 3 is 2.81 bits per heavy atom. The second kappa shape index (κ2) is 7.17. The summed E-state index contributed by atoms with van der Waals surface area (Å²) in [6.07, 6.45) is 1.48. The zero-order chi connectivity index (χ0) is 17.9. The summed E-state index contributed by atoms with van der Waals surface area (Å²) in [5.74, 6) is 1.13. The molecule has 0 radical (unpaired) electrons. The molecule has 4 rings (SSSR count). The number of aromatic nitrogens is 4. The Balaban J connectivity index is 1.63. The number of rotatable bonds is 5. The number of hydrogen-bond acceptors (Lipinski definition) is 7. The van der Waals surface area contributed by atoms with Gasteiger partial charge in [-0.05, 0) is 13.3 Å². The van der Waals surface area contributed by atoms with Crippen molar-refractivity contribution in [1.82, 2.24) is 25.5 Å². The lowest BCUT2D eigenvalue weighted by Crippen LogP contribution is -2.34. The number of amides is 1. The number of nitrogens with one attached hydrogen (secondary N) is 2. The largest absolute Gasteiger partial charge is 0.369 e. The van der Waals surface area contributed by atoms with E-state index in [1.165, 1.54) is 0 Å². The summed E-state index contributed by atoms with van der Waals surface area (Å²) < 4.78 is 0. The zero-order valence-corrected chi connectivity index (χ0v) is 15.1. The summed E-state index contributed by atoms with van der Waals surface area (Å²) in [5, 5.41) is 16.4. The molecule has 1 aliphatic rings. The molecule has 0 bridgehead atoms. The second-order valence-electron chi connectivity index (χ2n) is 5.99. The van der Waals surface area contributed by atoms with Crippen LogP contribution in [0.3, 0.4) is 0 Å². The highest BCUT2D eigenvalue weighted by molar-refractivity contribution is 7.11. The fraction of sp³-hybridized carbons (Fsp3) is 0.278. The van der Waals surface area contributed by atoms with Crippen molar-refractivity contribution in [3.8, 4) is 11.4 Å². The standard InChI is InChI=1S/C18H18N6OS/c1-11-23-24-14(26-11)8-10-19-17-13-7-9-20-18(25)15(13)21-16(22-17)12-5-3-2-4-6-12/h2-6H,7-10H2,1H3,(H,20,25)(H,19,21,22). The molecule has 8 heteroatoms. The monoisotopic (exact) mass is 366 g/mol. The molecule has 7 nitrogen and oxygen atoms in total. The van der Waals surface area contributed by atoms with Gasteiger partial charge in [0.2, 0.25) is 0 Å². The highest BCUT2D eigenvalue weighted by Gasteiger charge is 2.24. The number of carbonyl (C=O) groups excluding carboxylic acids is 1. The van der Waals surface area contributed by atoms with Crippen LogP contribution in [0.5, 0.6) is 0 Å². The van der Waals surface area contributed by atoms with Crippen LogP contribution in [0.2, 0.25) is 0 Å². The number of fused-ring (bicyclic) bond motifs is 1. The van der Waals surface area contributed by atoms with Gasteiger partial charge in [0, 0.05) is 30.6 Å². The highest BCUT2D eigenvalue weighted by Crippen LogP contribution is 2.25. The van der Waals surface area contributed by atoms with Crippen LogP contribution in [0.25, 0.3) is 11.4 Å². The summed E-state index contributed by atoms with van der Waals surface area (Å²) >= 11 is 1.59. The quantitative estimate of drug-likeness (QED) is 0.719. The van der Waals surface area contributed by atoms with Crippen molar-refractivity contribution in [1.29, 1.82) is 0 Å². The van der Waals surface area contributed by atoms with E-state index in [9.17, 15) is 4.79 Å². The van der Waals surface area contributed by atoms with Gasteiger partial charge in [0.25, 0.3) is 5.91 Å². The number of anilines is 1. The average Bonchev–Trinajstić information content (AvgIpc) is 3.08. The highest BCUT2D eigenvalue weighted by atomic mass is 32.1. The van der Waals surface area contributed by atoms with E-state index >= 15 is 0 Å². The molecular weight excluding hydrogens is 348 g/mol. The molecule has 1 aliphatic heterocycles. The van der Waals surface area contributed by atoms with Gasteiger partial charge in [0.05, 0.1) is 0 Å². The van der Waals surface area contributed by atoms with Crippen molar-refractivity contribution in [3.05, 3.63) is 51.6 Å². The van der Waals surface area contributed by atoms with Crippen LogP contribution in [0.15, 0.2) is 30.3 Å². The summed E-state index contributed by atoms with van der Waals surface area (Å²) in [6.45, 7) is 3.22. The first-order valence-electron chi connectivity index (χ1n) is 8.48. The van der Waals surface area contributed by atoms with Gasteiger partial charge in [0.1, 0.15) is 21.5 Å². The molecule has 3 aromatic rings. The molecule has 0 saturated carbocycles. The van der Waals surface area contributed by atoms with Crippen molar-refractivity contribution in [2.24, 2.45) is 0 Å². The molecule has 2 aromatic heterocycles. The summed E-state index contributed by atoms with van der Waals surface area (Å²) in [7, 11) is 0. The molecule has 2 N–H and O–H groups in total.